The maximum Gasteiger partial charge on any atom is 0.335 e. The molecule has 0 spiro atoms. The highest BCUT2D eigenvalue weighted by atomic mass is 16.7. The molecule has 4 N–H and O–H groups in total. The van der Waals surface area contributed by atoms with Gasteiger partial charge in [-0.3, -0.25) is 9.59 Å². The molecule has 55 heavy (non-hydrogen) atoms. The van der Waals surface area contributed by atoms with Crippen molar-refractivity contribution in [2.75, 3.05) is 13.2 Å². The van der Waals surface area contributed by atoms with Gasteiger partial charge in [0.15, 0.2) is 18.5 Å². The van der Waals surface area contributed by atoms with Crippen LogP contribution in [0.15, 0.2) is 60.8 Å². The lowest BCUT2D eigenvalue weighted by Crippen LogP contribution is -2.60. The first-order chi connectivity index (χ1) is 26.7. The van der Waals surface area contributed by atoms with Crippen molar-refractivity contribution in [3.63, 3.8) is 0 Å². The van der Waals surface area contributed by atoms with Crippen LogP contribution in [-0.4, -0.2) is 88.4 Å². The standard InChI is InChI=1S/C44H72O11/c1-3-5-7-9-11-13-15-16-17-18-19-20-21-22-23-25-26-28-30-32-37(45)52-34-36(35-53-44-41(49)39(47)40(48)42(55-44)43(50)51)54-38(46)33-31-29-27-24-14-12-10-8-6-4-2/h5,7-8,10-11,13,16-17,19-20,36,39-42,44,47-49H,3-4,6,9,12,14-15,18,21-35H2,1-2H3,(H,50,51)/b7-5-,10-8-,13-11-,17-16-,20-19-. The van der Waals surface area contributed by atoms with Crippen molar-refractivity contribution >= 4 is 17.9 Å². The number of aliphatic carboxylic acids is 1. The van der Waals surface area contributed by atoms with E-state index >= 15 is 0 Å². The zero-order valence-electron chi connectivity index (χ0n) is 33.6. The molecule has 0 radical (unpaired) electrons. The molecule has 11 nitrogen and oxygen atoms in total. The number of allylic oxidation sites excluding steroid dienone is 10. The summed E-state index contributed by atoms with van der Waals surface area (Å²) in [4.78, 5) is 36.7. The van der Waals surface area contributed by atoms with E-state index in [0.29, 0.717) is 12.8 Å². The van der Waals surface area contributed by atoms with Crippen LogP contribution < -0.4 is 0 Å². The summed E-state index contributed by atoms with van der Waals surface area (Å²) in [5.41, 5.74) is 0. The number of unbranched alkanes of at least 4 members (excludes halogenated alkanes) is 12. The number of aliphatic hydroxyl groups excluding tert-OH is 3. The Balaban J connectivity index is 2.38. The first-order valence-electron chi connectivity index (χ1n) is 20.8. The summed E-state index contributed by atoms with van der Waals surface area (Å²) in [5, 5.41) is 39.7. The molecule has 0 bridgehead atoms. The number of hydrogen-bond acceptors (Lipinski definition) is 10. The van der Waals surface area contributed by atoms with Crippen LogP contribution in [0.2, 0.25) is 0 Å². The molecule has 0 amide bonds. The summed E-state index contributed by atoms with van der Waals surface area (Å²) < 4.78 is 21.6. The number of carboxylic acid groups (broad SMARTS) is 1. The minimum Gasteiger partial charge on any atom is -0.479 e. The van der Waals surface area contributed by atoms with Crippen LogP contribution in [0, 0.1) is 0 Å². The maximum atomic E-state index is 12.7. The van der Waals surface area contributed by atoms with Crippen molar-refractivity contribution in [1.82, 2.24) is 0 Å². The molecular weight excluding hydrogens is 704 g/mol. The lowest BCUT2D eigenvalue weighted by molar-refractivity contribution is -0.298. The Kier molecular flexibility index (Phi) is 31.0. The molecule has 6 unspecified atom stereocenters. The van der Waals surface area contributed by atoms with Crippen LogP contribution in [0.25, 0.3) is 0 Å². The predicted octanol–water partition coefficient (Wildman–Crippen LogP) is 8.36. The first kappa shape index (κ1) is 49.9. The average molecular weight is 777 g/mol. The number of carbonyl (C=O) groups is 3. The van der Waals surface area contributed by atoms with Crippen molar-refractivity contribution in [3.8, 4) is 0 Å². The largest absolute Gasteiger partial charge is 0.479 e. The molecule has 314 valence electrons. The first-order valence-corrected chi connectivity index (χ1v) is 20.8. The molecule has 6 atom stereocenters. The molecule has 1 rings (SSSR count). The van der Waals surface area contributed by atoms with E-state index in [9.17, 15) is 34.8 Å². The molecule has 0 aliphatic carbocycles. The summed E-state index contributed by atoms with van der Waals surface area (Å²) in [6.07, 6.45) is 31.4. The molecule has 1 fully saturated rings. The van der Waals surface area contributed by atoms with Gasteiger partial charge < -0.3 is 39.4 Å². The molecule has 11 heteroatoms. The van der Waals surface area contributed by atoms with E-state index in [-0.39, 0.29) is 19.4 Å². The van der Waals surface area contributed by atoms with Crippen LogP contribution in [0.3, 0.4) is 0 Å². The lowest BCUT2D eigenvalue weighted by Gasteiger charge is -2.38. The summed E-state index contributed by atoms with van der Waals surface area (Å²) in [5.74, 6) is -2.49. The molecule has 0 aromatic rings. The van der Waals surface area contributed by atoms with E-state index in [1.54, 1.807) is 0 Å². The Morgan fingerprint density at radius 2 is 1.07 bits per heavy atom. The maximum absolute atomic E-state index is 12.7. The van der Waals surface area contributed by atoms with Crippen molar-refractivity contribution in [3.05, 3.63) is 60.8 Å². The third-order valence-corrected chi connectivity index (χ3v) is 9.08. The van der Waals surface area contributed by atoms with Crippen LogP contribution >= 0.6 is 0 Å². The van der Waals surface area contributed by atoms with Crippen molar-refractivity contribution in [2.45, 2.75) is 185 Å². The van der Waals surface area contributed by atoms with Crippen LogP contribution in [-0.2, 0) is 33.3 Å². The number of esters is 2. The fourth-order valence-electron chi connectivity index (χ4n) is 5.81. The minimum atomic E-state index is -1.87. The number of rotatable bonds is 33. The SMILES string of the molecule is CC/C=C\C/C=C\C/C=C\C/C=C\CCCCCCCCC(=O)OCC(COC1OC(C(=O)O)C(O)C(O)C1O)OC(=O)CCCCCCC/C=C\CCC. The van der Waals surface area contributed by atoms with Gasteiger partial charge in [-0.1, -0.05) is 126 Å². The Labute approximate surface area is 330 Å². The Morgan fingerprint density at radius 1 is 0.582 bits per heavy atom. The molecule has 1 aliphatic heterocycles. The van der Waals surface area contributed by atoms with E-state index < -0.39 is 61.3 Å². The van der Waals surface area contributed by atoms with Gasteiger partial charge in [-0.15, -0.1) is 0 Å². The summed E-state index contributed by atoms with van der Waals surface area (Å²) in [6.45, 7) is 3.59. The molecule has 1 aliphatic rings. The second-order valence-corrected chi connectivity index (χ2v) is 14.1. The van der Waals surface area contributed by atoms with Gasteiger partial charge in [0, 0.05) is 12.8 Å². The Morgan fingerprint density at radius 3 is 1.64 bits per heavy atom. The highest BCUT2D eigenvalue weighted by molar-refractivity contribution is 5.73. The minimum absolute atomic E-state index is 0.166. The van der Waals surface area contributed by atoms with E-state index in [1.165, 1.54) is 0 Å². The van der Waals surface area contributed by atoms with Gasteiger partial charge in [0.1, 0.15) is 24.9 Å². The molecule has 0 saturated carbocycles. The Bertz CT molecular complexity index is 1140. The molecule has 0 aromatic heterocycles. The number of ether oxygens (including phenoxy) is 4. The van der Waals surface area contributed by atoms with Gasteiger partial charge in [-0.25, -0.2) is 4.79 Å². The van der Waals surface area contributed by atoms with E-state index in [2.05, 4.69) is 74.6 Å². The van der Waals surface area contributed by atoms with Gasteiger partial charge in [-0.2, -0.15) is 0 Å². The van der Waals surface area contributed by atoms with Gasteiger partial charge >= 0.3 is 17.9 Å². The van der Waals surface area contributed by atoms with Gasteiger partial charge in [-0.05, 0) is 70.6 Å². The molecule has 0 aromatic carbocycles. The zero-order chi connectivity index (χ0) is 40.4. The number of carbonyl (C=O) groups excluding carboxylic acids is 2. The average Bonchev–Trinajstić information content (AvgIpc) is 3.17. The van der Waals surface area contributed by atoms with Gasteiger partial charge in [0.25, 0.3) is 0 Å². The van der Waals surface area contributed by atoms with Crippen molar-refractivity contribution in [1.29, 1.82) is 0 Å². The van der Waals surface area contributed by atoms with Crippen molar-refractivity contribution < 1.29 is 53.8 Å². The summed E-state index contributed by atoms with van der Waals surface area (Å²) in [7, 11) is 0. The second kappa shape index (κ2) is 34.2. The highest BCUT2D eigenvalue weighted by Crippen LogP contribution is 2.23. The normalized spacial score (nSPS) is 21.1. The molecule has 1 saturated heterocycles. The number of hydrogen-bond donors (Lipinski definition) is 4. The highest BCUT2D eigenvalue weighted by Gasteiger charge is 2.47. The number of carboxylic acids is 1. The van der Waals surface area contributed by atoms with Gasteiger partial charge in [0.05, 0.1) is 6.61 Å². The number of aliphatic hydroxyl groups is 3. The fourth-order valence-corrected chi connectivity index (χ4v) is 5.81. The molecular formula is C44H72O11. The smallest absolute Gasteiger partial charge is 0.335 e. The Hall–Kier alpha value is -3.09. The lowest BCUT2D eigenvalue weighted by atomic mass is 9.99. The quantitative estimate of drug-likeness (QED) is 0.0287. The monoisotopic (exact) mass is 777 g/mol. The second-order valence-electron chi connectivity index (χ2n) is 14.1. The van der Waals surface area contributed by atoms with Crippen LogP contribution in [0.5, 0.6) is 0 Å². The van der Waals surface area contributed by atoms with E-state index in [4.69, 9.17) is 18.9 Å². The third-order valence-electron chi connectivity index (χ3n) is 9.08. The van der Waals surface area contributed by atoms with Crippen LogP contribution in [0.1, 0.15) is 149 Å². The van der Waals surface area contributed by atoms with E-state index in [1.807, 2.05) is 0 Å². The van der Waals surface area contributed by atoms with Crippen molar-refractivity contribution in [2.24, 2.45) is 0 Å². The third kappa shape index (κ3) is 26.4. The fraction of sp³-hybridized carbons (Fsp3) is 0.705. The summed E-state index contributed by atoms with van der Waals surface area (Å²) >= 11 is 0. The summed E-state index contributed by atoms with van der Waals surface area (Å²) in [6, 6.07) is 0. The topological polar surface area (TPSA) is 169 Å². The van der Waals surface area contributed by atoms with Crippen LogP contribution in [0.4, 0.5) is 0 Å². The van der Waals surface area contributed by atoms with E-state index in [0.717, 1.165) is 109 Å². The van der Waals surface area contributed by atoms with Gasteiger partial charge in [0.2, 0.25) is 0 Å². The zero-order valence-corrected chi connectivity index (χ0v) is 33.6. The molecule has 1 heterocycles. The predicted molar refractivity (Wildman–Crippen MR) is 215 cm³/mol.